The molecule has 0 heterocycles. The number of aryl methyl sites for hydroxylation is 1. The number of hydrogen-bond donors (Lipinski definition) is 2. The van der Waals surface area contributed by atoms with Gasteiger partial charge in [0, 0.05) is 12.8 Å². The SMILES string of the molecule is CCC(O)(CC)CC(=O)C(C)(C(=O)O)C(=O)CCc1ccccc1. The molecule has 0 fully saturated rings. The second-order valence-electron chi connectivity index (χ2n) is 6.37. The van der Waals surface area contributed by atoms with Crippen molar-refractivity contribution in [2.75, 3.05) is 0 Å². The number of benzene rings is 1. The van der Waals surface area contributed by atoms with E-state index in [1.54, 1.807) is 13.8 Å². The van der Waals surface area contributed by atoms with Crippen molar-refractivity contribution in [3.8, 4) is 0 Å². The van der Waals surface area contributed by atoms with Gasteiger partial charge in [0.05, 0.1) is 5.60 Å². The number of carbonyl (C=O) groups is 3. The molecule has 1 aromatic carbocycles. The summed E-state index contributed by atoms with van der Waals surface area (Å²) in [6.07, 6.45) is 0.656. The molecule has 0 saturated carbocycles. The molecule has 132 valence electrons. The van der Waals surface area contributed by atoms with Gasteiger partial charge in [0.25, 0.3) is 0 Å². The Morgan fingerprint density at radius 2 is 1.54 bits per heavy atom. The lowest BCUT2D eigenvalue weighted by molar-refractivity contribution is -0.160. The van der Waals surface area contributed by atoms with E-state index in [0.717, 1.165) is 12.5 Å². The summed E-state index contributed by atoms with van der Waals surface area (Å²) in [5.41, 5.74) is -2.48. The Bertz CT molecular complexity index is 589. The highest BCUT2D eigenvalue weighted by molar-refractivity contribution is 6.21. The first kappa shape index (κ1) is 20.0. The van der Waals surface area contributed by atoms with E-state index >= 15 is 0 Å². The quantitative estimate of drug-likeness (QED) is 0.642. The zero-order valence-electron chi connectivity index (χ0n) is 14.5. The molecular formula is C19H26O5. The Morgan fingerprint density at radius 3 is 2.00 bits per heavy atom. The predicted octanol–water partition coefficient (Wildman–Crippen LogP) is 2.79. The third kappa shape index (κ3) is 4.51. The van der Waals surface area contributed by atoms with E-state index < -0.39 is 28.6 Å². The van der Waals surface area contributed by atoms with Gasteiger partial charge in [-0.1, -0.05) is 44.2 Å². The van der Waals surface area contributed by atoms with Crippen LogP contribution in [0.1, 0.15) is 52.0 Å². The average Bonchev–Trinajstić information content (AvgIpc) is 2.59. The fourth-order valence-corrected chi connectivity index (χ4v) is 2.52. The van der Waals surface area contributed by atoms with Gasteiger partial charge in [-0.25, -0.2) is 0 Å². The van der Waals surface area contributed by atoms with Gasteiger partial charge in [-0.3, -0.25) is 14.4 Å². The van der Waals surface area contributed by atoms with Gasteiger partial charge in [-0.2, -0.15) is 0 Å². The van der Waals surface area contributed by atoms with Gasteiger partial charge in [0.15, 0.2) is 17.0 Å². The fraction of sp³-hybridized carbons (Fsp3) is 0.526. The molecule has 0 aliphatic rings. The molecule has 0 saturated heterocycles. The van der Waals surface area contributed by atoms with E-state index in [0.29, 0.717) is 19.3 Å². The predicted molar refractivity (Wildman–Crippen MR) is 90.7 cm³/mol. The van der Waals surface area contributed by atoms with Crippen molar-refractivity contribution in [3.05, 3.63) is 35.9 Å². The summed E-state index contributed by atoms with van der Waals surface area (Å²) in [7, 11) is 0. The summed E-state index contributed by atoms with van der Waals surface area (Å²) in [5.74, 6) is -2.82. The highest BCUT2D eigenvalue weighted by atomic mass is 16.4. The van der Waals surface area contributed by atoms with Crippen molar-refractivity contribution in [2.24, 2.45) is 5.41 Å². The molecule has 1 atom stereocenters. The van der Waals surface area contributed by atoms with Gasteiger partial charge in [0.1, 0.15) is 0 Å². The molecule has 0 aromatic heterocycles. The van der Waals surface area contributed by atoms with E-state index in [4.69, 9.17) is 0 Å². The topological polar surface area (TPSA) is 91.7 Å². The second-order valence-corrected chi connectivity index (χ2v) is 6.37. The molecule has 1 rings (SSSR count). The van der Waals surface area contributed by atoms with Crippen LogP contribution in [0.15, 0.2) is 30.3 Å². The van der Waals surface area contributed by atoms with Crippen molar-refractivity contribution in [1.82, 2.24) is 0 Å². The molecule has 1 unspecified atom stereocenters. The Hall–Kier alpha value is -2.01. The number of hydrogen-bond acceptors (Lipinski definition) is 4. The second kappa shape index (κ2) is 8.20. The molecule has 0 spiro atoms. The van der Waals surface area contributed by atoms with Crippen LogP contribution in [0.4, 0.5) is 0 Å². The van der Waals surface area contributed by atoms with Gasteiger partial charge < -0.3 is 10.2 Å². The van der Waals surface area contributed by atoms with Gasteiger partial charge in [-0.15, -0.1) is 0 Å². The van der Waals surface area contributed by atoms with E-state index in [1.807, 2.05) is 30.3 Å². The number of carboxylic acid groups (broad SMARTS) is 1. The number of Topliss-reactive ketones (excluding diaryl/α,β-unsaturated/α-hetero) is 2. The van der Waals surface area contributed by atoms with Crippen molar-refractivity contribution in [3.63, 3.8) is 0 Å². The molecule has 0 radical (unpaired) electrons. The third-order valence-electron chi connectivity index (χ3n) is 4.83. The van der Waals surface area contributed by atoms with Crippen molar-refractivity contribution in [2.45, 2.75) is 58.5 Å². The summed E-state index contributed by atoms with van der Waals surface area (Å²) >= 11 is 0. The van der Waals surface area contributed by atoms with Crippen molar-refractivity contribution in [1.29, 1.82) is 0 Å². The van der Waals surface area contributed by atoms with Crippen LogP contribution in [0.2, 0.25) is 0 Å². The van der Waals surface area contributed by atoms with Gasteiger partial charge >= 0.3 is 5.97 Å². The lowest BCUT2D eigenvalue weighted by Gasteiger charge is -2.29. The van der Waals surface area contributed by atoms with Crippen LogP contribution in [0, 0.1) is 5.41 Å². The summed E-state index contributed by atoms with van der Waals surface area (Å²) in [6.45, 7) is 4.61. The summed E-state index contributed by atoms with van der Waals surface area (Å²) in [4.78, 5) is 36.7. The van der Waals surface area contributed by atoms with Crippen LogP contribution in [0.25, 0.3) is 0 Å². The highest BCUT2D eigenvalue weighted by Gasteiger charge is 2.49. The summed E-state index contributed by atoms with van der Waals surface area (Å²) < 4.78 is 0. The van der Waals surface area contributed by atoms with Crippen LogP contribution in [-0.2, 0) is 20.8 Å². The van der Waals surface area contributed by atoms with Crippen LogP contribution in [-0.4, -0.2) is 33.3 Å². The van der Waals surface area contributed by atoms with Crippen LogP contribution in [0.5, 0.6) is 0 Å². The molecule has 0 bridgehead atoms. The Balaban J connectivity index is 2.91. The summed E-state index contributed by atoms with van der Waals surface area (Å²) in [5, 5.41) is 19.8. The minimum atomic E-state index is -2.12. The van der Waals surface area contributed by atoms with Crippen molar-refractivity contribution < 1.29 is 24.6 Å². The van der Waals surface area contributed by atoms with Crippen LogP contribution >= 0.6 is 0 Å². The Labute approximate surface area is 142 Å². The van der Waals surface area contributed by atoms with E-state index in [2.05, 4.69) is 0 Å². The number of carboxylic acids is 1. The zero-order chi connectivity index (χ0) is 18.4. The van der Waals surface area contributed by atoms with E-state index in [1.165, 1.54) is 0 Å². The molecule has 0 aliphatic heterocycles. The van der Waals surface area contributed by atoms with Crippen LogP contribution < -0.4 is 0 Å². The van der Waals surface area contributed by atoms with Gasteiger partial charge in [-0.05, 0) is 31.7 Å². The lowest BCUT2D eigenvalue weighted by atomic mass is 9.74. The maximum Gasteiger partial charge on any atom is 0.324 e. The first-order chi connectivity index (χ1) is 11.2. The molecule has 24 heavy (non-hydrogen) atoms. The number of aliphatic hydroxyl groups is 1. The largest absolute Gasteiger partial charge is 0.480 e. The molecule has 0 aliphatic carbocycles. The molecule has 0 amide bonds. The standard InChI is InChI=1S/C19H26O5/c1-4-19(24,5-2)13-16(21)18(3,17(22)23)15(20)12-11-14-9-7-6-8-10-14/h6-10,24H,4-5,11-13H2,1-3H3,(H,22,23). The normalized spacial score (nSPS) is 14.0. The third-order valence-corrected chi connectivity index (χ3v) is 4.83. The molecular weight excluding hydrogens is 308 g/mol. The Kier molecular flexibility index (Phi) is 6.84. The maximum atomic E-state index is 12.5. The maximum absolute atomic E-state index is 12.5. The molecule has 1 aromatic rings. The van der Waals surface area contributed by atoms with Gasteiger partial charge in [0.2, 0.25) is 0 Å². The molecule has 5 heteroatoms. The monoisotopic (exact) mass is 334 g/mol. The minimum Gasteiger partial charge on any atom is -0.480 e. The van der Waals surface area contributed by atoms with Crippen molar-refractivity contribution >= 4 is 17.5 Å². The number of aliphatic carboxylic acids is 1. The number of rotatable bonds is 10. The van der Waals surface area contributed by atoms with E-state index in [-0.39, 0.29) is 12.8 Å². The number of ketones is 2. The first-order valence-electron chi connectivity index (χ1n) is 8.26. The van der Waals surface area contributed by atoms with E-state index in [9.17, 15) is 24.6 Å². The number of carbonyl (C=O) groups excluding carboxylic acids is 2. The minimum absolute atomic E-state index is 0.0325. The Morgan fingerprint density at radius 1 is 1.00 bits per heavy atom. The van der Waals surface area contributed by atoms with Crippen LogP contribution in [0.3, 0.4) is 0 Å². The lowest BCUT2D eigenvalue weighted by Crippen LogP contribution is -2.47. The molecule has 5 nitrogen and oxygen atoms in total. The average molecular weight is 334 g/mol. The molecule has 2 N–H and O–H groups in total. The zero-order valence-corrected chi connectivity index (χ0v) is 14.5. The first-order valence-corrected chi connectivity index (χ1v) is 8.26. The highest BCUT2D eigenvalue weighted by Crippen LogP contribution is 2.30. The fourth-order valence-electron chi connectivity index (χ4n) is 2.52. The summed E-state index contributed by atoms with van der Waals surface area (Å²) in [6, 6.07) is 9.22. The smallest absolute Gasteiger partial charge is 0.324 e.